The van der Waals surface area contributed by atoms with E-state index in [0.717, 1.165) is 0 Å². The molecule has 0 aliphatic heterocycles. The van der Waals surface area contributed by atoms with Crippen LogP contribution in [0, 0.1) is 11.8 Å². The third-order valence-corrected chi connectivity index (χ3v) is 2.95. The lowest BCUT2D eigenvalue weighted by atomic mass is 10.3. The third-order valence-electron chi connectivity index (χ3n) is 2.12. The zero-order chi connectivity index (χ0) is 14.2. The second-order valence-electron chi connectivity index (χ2n) is 3.63. The number of thiazole rings is 1. The van der Waals surface area contributed by atoms with Gasteiger partial charge in [0.2, 0.25) is 0 Å². The Morgan fingerprint density at radius 2 is 2.20 bits per heavy atom. The van der Waals surface area contributed by atoms with Gasteiger partial charge < -0.3 is 9.84 Å². The molecule has 1 aromatic heterocycles. The Morgan fingerprint density at radius 1 is 1.40 bits per heavy atom. The fourth-order valence-electron chi connectivity index (χ4n) is 1.30. The van der Waals surface area contributed by atoms with Crippen LogP contribution in [0.1, 0.15) is 11.3 Å². The van der Waals surface area contributed by atoms with Crippen LogP contribution in [-0.2, 0) is 0 Å². The molecule has 1 amide bonds. The predicted molar refractivity (Wildman–Crippen MR) is 76.8 cm³/mol. The van der Waals surface area contributed by atoms with Gasteiger partial charge in [-0.05, 0) is 12.1 Å². The molecule has 0 aliphatic carbocycles. The summed E-state index contributed by atoms with van der Waals surface area (Å²) in [5, 5.41) is 11.6. The molecule has 0 bridgehead atoms. The first-order valence-electron chi connectivity index (χ1n) is 5.87. The molecule has 0 unspecified atom stereocenters. The summed E-state index contributed by atoms with van der Waals surface area (Å²) in [6.45, 7) is 0.0281. The van der Waals surface area contributed by atoms with Gasteiger partial charge in [0.25, 0.3) is 0 Å². The number of nitrogens with zero attached hydrogens (tertiary/aromatic N) is 1. The molecule has 1 aromatic carbocycles. The van der Waals surface area contributed by atoms with E-state index in [4.69, 9.17) is 9.84 Å². The Balaban J connectivity index is 1.90. The van der Waals surface area contributed by atoms with Crippen LogP contribution in [0.4, 0.5) is 9.93 Å². The molecule has 0 saturated heterocycles. The number of aliphatic hydroxyl groups is 1. The molecule has 6 heteroatoms. The molecular weight excluding hydrogens is 276 g/mol. The van der Waals surface area contributed by atoms with Crippen LogP contribution in [0.3, 0.4) is 0 Å². The number of hydrogen-bond donors (Lipinski definition) is 2. The molecule has 102 valence electrons. The van der Waals surface area contributed by atoms with E-state index in [0.29, 0.717) is 22.2 Å². The maximum atomic E-state index is 11.6. The van der Waals surface area contributed by atoms with Crippen molar-refractivity contribution in [3.05, 3.63) is 41.4 Å². The lowest BCUT2D eigenvalue weighted by Gasteiger charge is -2.03. The van der Waals surface area contributed by atoms with Crippen molar-refractivity contribution >= 4 is 22.6 Å². The van der Waals surface area contributed by atoms with Crippen LogP contribution >= 0.6 is 11.3 Å². The third kappa shape index (κ3) is 4.39. The minimum atomic E-state index is -0.597. The van der Waals surface area contributed by atoms with Gasteiger partial charge in [0.1, 0.15) is 5.75 Å². The minimum Gasteiger partial charge on any atom is -0.410 e. The van der Waals surface area contributed by atoms with Crippen LogP contribution < -0.4 is 10.1 Å². The van der Waals surface area contributed by atoms with E-state index in [1.165, 1.54) is 11.3 Å². The summed E-state index contributed by atoms with van der Waals surface area (Å²) < 4.78 is 5.07. The zero-order valence-corrected chi connectivity index (χ0v) is 11.3. The molecule has 0 atom stereocenters. The number of aromatic nitrogens is 1. The first kappa shape index (κ1) is 14.1. The highest BCUT2D eigenvalue weighted by molar-refractivity contribution is 7.16. The highest BCUT2D eigenvalue weighted by Crippen LogP contribution is 2.18. The Bertz CT molecular complexity index is 629. The quantitative estimate of drug-likeness (QED) is 0.851. The van der Waals surface area contributed by atoms with E-state index in [9.17, 15) is 4.79 Å². The average Bonchev–Trinajstić information content (AvgIpc) is 2.87. The van der Waals surface area contributed by atoms with E-state index in [1.807, 2.05) is 6.07 Å². The number of carbonyl (C=O) groups excluding carboxylic acids is 1. The number of amides is 1. The number of carbonyl (C=O) groups is 1. The van der Waals surface area contributed by atoms with Gasteiger partial charge in [-0.25, -0.2) is 9.78 Å². The van der Waals surface area contributed by atoms with Crippen molar-refractivity contribution in [3.8, 4) is 17.6 Å². The number of rotatable bonds is 3. The molecule has 2 rings (SSSR count). The van der Waals surface area contributed by atoms with Crippen LogP contribution in [0.2, 0.25) is 0 Å². The molecule has 0 aliphatic rings. The van der Waals surface area contributed by atoms with Gasteiger partial charge in [0.05, 0.1) is 17.7 Å². The van der Waals surface area contributed by atoms with Crippen LogP contribution in [0.25, 0.3) is 0 Å². The number of aliphatic hydroxyl groups excluding tert-OH is 1. The summed E-state index contributed by atoms with van der Waals surface area (Å²) in [6, 6.07) is 8.77. The van der Waals surface area contributed by atoms with Crippen molar-refractivity contribution in [2.75, 3.05) is 11.9 Å². The summed E-state index contributed by atoms with van der Waals surface area (Å²) in [7, 11) is 0. The second-order valence-corrected chi connectivity index (χ2v) is 4.66. The Hall–Kier alpha value is -2.36. The van der Waals surface area contributed by atoms with Crippen LogP contribution in [0.5, 0.6) is 5.75 Å². The van der Waals surface area contributed by atoms with Gasteiger partial charge in [0.15, 0.2) is 5.13 Å². The second kappa shape index (κ2) is 7.28. The molecule has 2 aromatic rings. The molecule has 1 heterocycles. The van der Waals surface area contributed by atoms with Gasteiger partial charge in [0, 0.05) is 6.42 Å². The summed E-state index contributed by atoms with van der Waals surface area (Å²) in [5.41, 5.74) is 0. The average molecular weight is 288 g/mol. The largest absolute Gasteiger partial charge is 0.418 e. The number of para-hydroxylation sites is 1. The molecule has 0 spiro atoms. The van der Waals surface area contributed by atoms with Gasteiger partial charge in [-0.1, -0.05) is 41.4 Å². The zero-order valence-electron chi connectivity index (χ0n) is 10.5. The van der Waals surface area contributed by atoms with Crippen molar-refractivity contribution in [1.29, 1.82) is 0 Å². The Kier molecular flexibility index (Phi) is 5.12. The maximum absolute atomic E-state index is 11.6. The highest BCUT2D eigenvalue weighted by Gasteiger charge is 2.07. The first-order chi connectivity index (χ1) is 9.78. The van der Waals surface area contributed by atoms with Gasteiger partial charge in [-0.2, -0.15) is 0 Å². The SMILES string of the molecule is O=C(Nc1ncc(C#CCCO)s1)Oc1ccccc1. The van der Waals surface area contributed by atoms with Crippen molar-refractivity contribution in [1.82, 2.24) is 4.98 Å². The molecule has 5 nitrogen and oxygen atoms in total. The highest BCUT2D eigenvalue weighted by atomic mass is 32.1. The predicted octanol–water partition coefficient (Wildman–Crippen LogP) is 2.49. The van der Waals surface area contributed by atoms with E-state index < -0.39 is 6.09 Å². The lowest BCUT2D eigenvalue weighted by Crippen LogP contribution is -2.16. The Labute approximate surface area is 120 Å². The van der Waals surface area contributed by atoms with Crippen molar-refractivity contribution < 1.29 is 14.6 Å². The maximum Gasteiger partial charge on any atom is 0.418 e. The topological polar surface area (TPSA) is 71.5 Å². The number of anilines is 1. The molecular formula is C14H12N2O3S. The standard InChI is InChI=1S/C14H12N2O3S/c17-9-5-4-8-12-10-15-13(20-12)16-14(18)19-11-6-2-1-3-7-11/h1-3,6-7,10,17H,5,9H2,(H,15,16,18). The summed E-state index contributed by atoms with van der Waals surface area (Å²) in [6.07, 6.45) is 1.38. The molecule has 2 N–H and O–H groups in total. The summed E-state index contributed by atoms with van der Waals surface area (Å²) in [4.78, 5) is 16.3. The summed E-state index contributed by atoms with van der Waals surface area (Å²) >= 11 is 1.24. The minimum absolute atomic E-state index is 0.0281. The van der Waals surface area contributed by atoms with Crippen molar-refractivity contribution in [2.45, 2.75) is 6.42 Å². The van der Waals surface area contributed by atoms with Crippen molar-refractivity contribution in [3.63, 3.8) is 0 Å². The van der Waals surface area contributed by atoms with Crippen molar-refractivity contribution in [2.24, 2.45) is 0 Å². The number of ether oxygens (including phenoxy) is 1. The van der Waals surface area contributed by atoms with Gasteiger partial charge in [-0.15, -0.1) is 0 Å². The summed E-state index contributed by atoms with van der Waals surface area (Å²) in [5.74, 6) is 6.09. The molecule has 0 saturated carbocycles. The fourth-order valence-corrected chi connectivity index (χ4v) is 1.98. The Morgan fingerprint density at radius 3 is 2.95 bits per heavy atom. The van der Waals surface area contributed by atoms with E-state index in [2.05, 4.69) is 22.1 Å². The molecule has 0 fully saturated rings. The first-order valence-corrected chi connectivity index (χ1v) is 6.69. The lowest BCUT2D eigenvalue weighted by molar-refractivity contribution is 0.215. The smallest absolute Gasteiger partial charge is 0.410 e. The normalized spacial score (nSPS) is 9.45. The molecule has 20 heavy (non-hydrogen) atoms. The van der Waals surface area contributed by atoms with Crippen LogP contribution in [-0.4, -0.2) is 22.8 Å². The molecule has 0 radical (unpaired) electrons. The van der Waals surface area contributed by atoms with Gasteiger partial charge >= 0.3 is 6.09 Å². The van der Waals surface area contributed by atoms with Crippen LogP contribution in [0.15, 0.2) is 36.5 Å². The van der Waals surface area contributed by atoms with E-state index in [-0.39, 0.29) is 6.61 Å². The number of hydrogen-bond acceptors (Lipinski definition) is 5. The number of benzene rings is 1. The fraction of sp³-hybridized carbons (Fsp3) is 0.143. The van der Waals surface area contributed by atoms with Gasteiger partial charge in [-0.3, -0.25) is 5.32 Å². The van der Waals surface area contributed by atoms with E-state index >= 15 is 0 Å². The van der Waals surface area contributed by atoms with E-state index in [1.54, 1.807) is 30.5 Å². The number of nitrogens with one attached hydrogen (secondary N) is 1. The monoisotopic (exact) mass is 288 g/mol.